The fraction of sp³-hybridized carbons (Fsp3) is 0.444. The Bertz CT molecular complexity index is 282. The van der Waals surface area contributed by atoms with Gasteiger partial charge in [0.05, 0.1) is 12.3 Å². The molecule has 1 unspecified atom stereocenters. The first-order valence-electron chi connectivity index (χ1n) is 4.09. The summed E-state index contributed by atoms with van der Waals surface area (Å²) in [6.07, 6.45) is 3.95. The van der Waals surface area contributed by atoms with Crippen LogP contribution >= 0.6 is 0 Å². The van der Waals surface area contributed by atoms with E-state index in [9.17, 15) is 0 Å². The maximum absolute atomic E-state index is 8.80. The Kier molecular flexibility index (Phi) is 1.84. The molecule has 12 heavy (non-hydrogen) atoms. The van der Waals surface area contributed by atoms with Crippen molar-refractivity contribution in [3.8, 4) is 6.07 Å². The van der Waals surface area contributed by atoms with Crippen LogP contribution < -0.4 is 5.32 Å². The Labute approximate surface area is 71.0 Å². The molecule has 62 valence electrons. The number of hydrogen-bond donors (Lipinski definition) is 1. The lowest BCUT2D eigenvalue weighted by molar-refractivity contribution is 0.456. The van der Waals surface area contributed by atoms with Gasteiger partial charge in [-0.05, 0) is 25.0 Å². The minimum Gasteiger partial charge on any atom is -0.467 e. The minimum atomic E-state index is -0.271. The van der Waals surface area contributed by atoms with E-state index in [1.807, 2.05) is 6.07 Å². The van der Waals surface area contributed by atoms with E-state index in [0.29, 0.717) is 11.8 Å². The predicted molar refractivity (Wildman–Crippen MR) is 43.2 cm³/mol. The summed E-state index contributed by atoms with van der Waals surface area (Å²) in [7, 11) is 0. The highest BCUT2D eigenvalue weighted by Gasteiger charge is 2.26. The number of hydrogen-bond acceptors (Lipinski definition) is 3. The van der Waals surface area contributed by atoms with E-state index in [-0.39, 0.29) is 6.04 Å². The summed E-state index contributed by atoms with van der Waals surface area (Å²) in [5.74, 6) is 0.712. The average Bonchev–Trinajstić information content (AvgIpc) is 2.74. The fourth-order valence-corrected chi connectivity index (χ4v) is 1.12. The molecule has 1 aromatic rings. The van der Waals surface area contributed by atoms with Crippen LogP contribution in [0.5, 0.6) is 0 Å². The summed E-state index contributed by atoms with van der Waals surface area (Å²) in [5.41, 5.74) is 0. The first kappa shape index (κ1) is 7.38. The van der Waals surface area contributed by atoms with Gasteiger partial charge in [-0.25, -0.2) is 0 Å². The van der Waals surface area contributed by atoms with Gasteiger partial charge < -0.3 is 4.42 Å². The van der Waals surface area contributed by atoms with Crippen molar-refractivity contribution in [2.24, 2.45) is 0 Å². The van der Waals surface area contributed by atoms with Crippen molar-refractivity contribution in [3.05, 3.63) is 24.2 Å². The van der Waals surface area contributed by atoms with E-state index in [1.54, 1.807) is 12.3 Å². The van der Waals surface area contributed by atoms with Gasteiger partial charge in [0.1, 0.15) is 5.76 Å². The van der Waals surface area contributed by atoms with Gasteiger partial charge >= 0.3 is 0 Å². The maximum atomic E-state index is 8.80. The first-order chi connectivity index (χ1) is 5.90. The van der Waals surface area contributed by atoms with Gasteiger partial charge in [0.2, 0.25) is 0 Å². The molecule has 1 aliphatic carbocycles. The minimum absolute atomic E-state index is 0.271. The summed E-state index contributed by atoms with van der Waals surface area (Å²) in [6, 6.07) is 6.05. The Hall–Kier alpha value is -1.27. The standard InChI is InChI=1S/C9H10N2O/c10-6-8(11-7-3-4-7)9-2-1-5-12-9/h1-2,5,7-8,11H,3-4H2. The monoisotopic (exact) mass is 162 g/mol. The molecule has 0 radical (unpaired) electrons. The molecule has 1 N–H and O–H groups in total. The molecule has 1 atom stereocenters. The molecular formula is C9H10N2O. The molecule has 0 spiro atoms. The summed E-state index contributed by atoms with van der Waals surface area (Å²) >= 11 is 0. The molecule has 0 aromatic carbocycles. The molecule has 0 bridgehead atoms. The van der Waals surface area contributed by atoms with Crippen LogP contribution in [0.25, 0.3) is 0 Å². The number of nitrogens with zero attached hydrogens (tertiary/aromatic N) is 1. The van der Waals surface area contributed by atoms with E-state index in [1.165, 1.54) is 12.8 Å². The summed E-state index contributed by atoms with van der Waals surface area (Å²) in [5, 5.41) is 12.0. The Morgan fingerprint density at radius 3 is 3.00 bits per heavy atom. The molecule has 0 saturated heterocycles. The average molecular weight is 162 g/mol. The van der Waals surface area contributed by atoms with E-state index < -0.39 is 0 Å². The van der Waals surface area contributed by atoms with Crippen molar-refractivity contribution in [1.82, 2.24) is 5.32 Å². The highest BCUT2D eigenvalue weighted by Crippen LogP contribution is 2.23. The molecule has 0 amide bonds. The van der Waals surface area contributed by atoms with Crippen molar-refractivity contribution in [1.29, 1.82) is 5.26 Å². The molecule has 1 aliphatic rings. The van der Waals surface area contributed by atoms with Gasteiger partial charge in [-0.15, -0.1) is 0 Å². The Morgan fingerprint density at radius 2 is 2.50 bits per heavy atom. The molecule has 2 rings (SSSR count). The quantitative estimate of drug-likeness (QED) is 0.734. The summed E-state index contributed by atoms with van der Waals surface area (Å²) in [4.78, 5) is 0. The second-order valence-electron chi connectivity index (χ2n) is 3.02. The lowest BCUT2D eigenvalue weighted by atomic mass is 10.2. The second kappa shape index (κ2) is 3.00. The maximum Gasteiger partial charge on any atom is 0.154 e. The van der Waals surface area contributed by atoms with Crippen molar-refractivity contribution in [2.45, 2.75) is 24.9 Å². The lowest BCUT2D eigenvalue weighted by Gasteiger charge is -2.06. The van der Waals surface area contributed by atoms with E-state index >= 15 is 0 Å². The summed E-state index contributed by atoms with van der Waals surface area (Å²) < 4.78 is 5.13. The van der Waals surface area contributed by atoms with E-state index in [4.69, 9.17) is 9.68 Å². The van der Waals surface area contributed by atoms with Crippen molar-refractivity contribution in [3.63, 3.8) is 0 Å². The van der Waals surface area contributed by atoms with E-state index in [0.717, 1.165) is 0 Å². The number of furan rings is 1. The molecule has 3 nitrogen and oxygen atoms in total. The van der Waals surface area contributed by atoms with Crippen LogP contribution in [0.1, 0.15) is 24.6 Å². The third-order valence-electron chi connectivity index (χ3n) is 1.94. The lowest BCUT2D eigenvalue weighted by Crippen LogP contribution is -2.21. The van der Waals surface area contributed by atoms with Gasteiger partial charge in [0.15, 0.2) is 6.04 Å². The zero-order chi connectivity index (χ0) is 8.39. The smallest absolute Gasteiger partial charge is 0.154 e. The van der Waals surface area contributed by atoms with Crippen molar-refractivity contribution in [2.75, 3.05) is 0 Å². The van der Waals surface area contributed by atoms with Crippen LogP contribution in [0.2, 0.25) is 0 Å². The van der Waals surface area contributed by atoms with Gasteiger partial charge in [-0.2, -0.15) is 5.26 Å². The zero-order valence-electron chi connectivity index (χ0n) is 6.66. The second-order valence-corrected chi connectivity index (χ2v) is 3.02. The van der Waals surface area contributed by atoms with Crippen LogP contribution in [-0.2, 0) is 0 Å². The van der Waals surface area contributed by atoms with Gasteiger partial charge in [-0.1, -0.05) is 0 Å². The first-order valence-corrected chi connectivity index (χ1v) is 4.09. The SMILES string of the molecule is N#CC(NC1CC1)c1ccco1. The van der Waals surface area contributed by atoms with Crippen LogP contribution in [0, 0.1) is 11.3 Å². The highest BCUT2D eigenvalue weighted by atomic mass is 16.3. The van der Waals surface area contributed by atoms with Gasteiger partial charge in [0, 0.05) is 6.04 Å². The zero-order valence-corrected chi connectivity index (χ0v) is 6.66. The number of nitrogens with one attached hydrogen (secondary N) is 1. The summed E-state index contributed by atoms with van der Waals surface area (Å²) in [6.45, 7) is 0. The van der Waals surface area contributed by atoms with Gasteiger partial charge in [0.25, 0.3) is 0 Å². The van der Waals surface area contributed by atoms with Crippen LogP contribution in [0.3, 0.4) is 0 Å². The largest absolute Gasteiger partial charge is 0.467 e. The predicted octanol–water partition coefficient (Wildman–Crippen LogP) is 1.60. The number of nitriles is 1. The van der Waals surface area contributed by atoms with Crippen LogP contribution in [0.4, 0.5) is 0 Å². The van der Waals surface area contributed by atoms with Crippen molar-refractivity contribution < 1.29 is 4.42 Å². The normalized spacial score (nSPS) is 18.6. The van der Waals surface area contributed by atoms with Crippen molar-refractivity contribution >= 4 is 0 Å². The molecule has 1 fully saturated rings. The Balaban J connectivity index is 2.03. The fourth-order valence-electron chi connectivity index (χ4n) is 1.12. The van der Waals surface area contributed by atoms with Crippen LogP contribution in [-0.4, -0.2) is 6.04 Å². The molecule has 3 heteroatoms. The van der Waals surface area contributed by atoms with E-state index in [2.05, 4.69) is 11.4 Å². The number of rotatable bonds is 3. The molecule has 1 aromatic heterocycles. The van der Waals surface area contributed by atoms with Crippen LogP contribution in [0.15, 0.2) is 22.8 Å². The van der Waals surface area contributed by atoms with Gasteiger partial charge in [-0.3, -0.25) is 5.32 Å². The molecule has 1 saturated carbocycles. The molecular weight excluding hydrogens is 152 g/mol. The third kappa shape index (κ3) is 1.49. The molecule has 0 aliphatic heterocycles. The molecule has 1 heterocycles. The Morgan fingerprint density at radius 1 is 1.67 bits per heavy atom. The third-order valence-corrected chi connectivity index (χ3v) is 1.94. The topological polar surface area (TPSA) is 49.0 Å². The highest BCUT2D eigenvalue weighted by molar-refractivity contribution is 5.13.